The molecule has 50 heavy (non-hydrogen) atoms. The van der Waals surface area contributed by atoms with Crippen LogP contribution in [-0.2, 0) is 0 Å². The third-order valence-corrected chi connectivity index (χ3v) is 10.1. The van der Waals surface area contributed by atoms with E-state index in [2.05, 4.69) is 144 Å². The fraction of sp³-hybridized carbons (Fsp3) is 0. The summed E-state index contributed by atoms with van der Waals surface area (Å²) in [6.07, 6.45) is 0. The molecule has 11 rings (SSSR count). The number of rotatable bonds is 4. The van der Waals surface area contributed by atoms with E-state index in [1.807, 2.05) is 24.3 Å². The van der Waals surface area contributed by atoms with Gasteiger partial charge >= 0.3 is 0 Å². The molecule has 0 saturated heterocycles. The van der Waals surface area contributed by atoms with Crippen LogP contribution in [0.2, 0.25) is 0 Å². The van der Waals surface area contributed by atoms with E-state index in [0.29, 0.717) is 0 Å². The lowest BCUT2D eigenvalue weighted by Crippen LogP contribution is -2.09. The highest BCUT2D eigenvalue weighted by Crippen LogP contribution is 2.43. The van der Waals surface area contributed by atoms with Crippen molar-refractivity contribution in [2.75, 3.05) is 4.90 Å². The lowest BCUT2D eigenvalue weighted by atomic mass is 9.99. The Kier molecular flexibility index (Phi) is 5.63. The van der Waals surface area contributed by atoms with Gasteiger partial charge in [0.1, 0.15) is 33.5 Å². The molecule has 234 valence electrons. The van der Waals surface area contributed by atoms with E-state index in [-0.39, 0.29) is 0 Å². The first kappa shape index (κ1) is 27.2. The summed E-state index contributed by atoms with van der Waals surface area (Å²) < 4.78 is 19.2. The molecule has 0 fully saturated rings. The van der Waals surface area contributed by atoms with Gasteiger partial charge in [-0.05, 0) is 70.9 Å². The molecule has 4 nitrogen and oxygen atoms in total. The van der Waals surface area contributed by atoms with E-state index in [1.54, 1.807) is 0 Å². The Hall–Kier alpha value is -6.78. The molecule has 0 radical (unpaired) electrons. The number of furan rings is 3. The largest absolute Gasteiger partial charge is 0.456 e. The topological polar surface area (TPSA) is 42.7 Å². The molecule has 0 aliphatic carbocycles. The van der Waals surface area contributed by atoms with Crippen molar-refractivity contribution in [3.63, 3.8) is 0 Å². The summed E-state index contributed by atoms with van der Waals surface area (Å²) in [5, 5.41) is 9.11. The number of nitrogens with zero attached hydrogens (tertiary/aromatic N) is 1. The maximum Gasteiger partial charge on any atom is 0.143 e. The van der Waals surface area contributed by atoms with Gasteiger partial charge < -0.3 is 18.2 Å². The molecule has 0 atom stereocenters. The molecule has 11 aromatic rings. The van der Waals surface area contributed by atoms with E-state index >= 15 is 0 Å². The van der Waals surface area contributed by atoms with Crippen molar-refractivity contribution in [3.8, 4) is 11.1 Å². The van der Waals surface area contributed by atoms with Gasteiger partial charge in [0.2, 0.25) is 0 Å². The van der Waals surface area contributed by atoms with Crippen LogP contribution in [0, 0.1) is 0 Å². The Morgan fingerprint density at radius 3 is 1.58 bits per heavy atom. The van der Waals surface area contributed by atoms with Crippen LogP contribution in [0.4, 0.5) is 17.1 Å². The van der Waals surface area contributed by atoms with Crippen LogP contribution < -0.4 is 4.90 Å². The Bertz CT molecular complexity index is 2990. The molecular formula is C46H27NO3. The Morgan fingerprint density at radius 2 is 0.900 bits per heavy atom. The van der Waals surface area contributed by atoms with Crippen molar-refractivity contribution in [1.29, 1.82) is 0 Å². The fourth-order valence-electron chi connectivity index (χ4n) is 7.74. The maximum atomic E-state index is 6.56. The minimum atomic E-state index is 0.847. The summed E-state index contributed by atoms with van der Waals surface area (Å²) in [7, 11) is 0. The van der Waals surface area contributed by atoms with Crippen molar-refractivity contribution in [2.45, 2.75) is 0 Å². The second-order valence-electron chi connectivity index (χ2n) is 12.9. The van der Waals surface area contributed by atoms with Crippen LogP contribution in [0.25, 0.3) is 87.7 Å². The van der Waals surface area contributed by atoms with Gasteiger partial charge in [0, 0.05) is 67.1 Å². The van der Waals surface area contributed by atoms with Gasteiger partial charge in [0.25, 0.3) is 0 Å². The zero-order valence-corrected chi connectivity index (χ0v) is 26.8. The molecule has 3 heterocycles. The molecule has 4 heteroatoms. The molecule has 0 unspecified atom stereocenters. The molecule has 3 aromatic heterocycles. The summed E-state index contributed by atoms with van der Waals surface area (Å²) in [5.41, 5.74) is 10.4. The Balaban J connectivity index is 1.07. The number of fused-ring (bicyclic) bond motifs is 11. The molecule has 0 saturated carbocycles. The highest BCUT2D eigenvalue weighted by Gasteiger charge is 2.19. The maximum absolute atomic E-state index is 6.56. The van der Waals surface area contributed by atoms with Crippen LogP contribution in [0.3, 0.4) is 0 Å². The second kappa shape index (κ2) is 10.4. The first-order valence-corrected chi connectivity index (χ1v) is 16.8. The van der Waals surface area contributed by atoms with Gasteiger partial charge in [0.15, 0.2) is 0 Å². The number of hydrogen-bond donors (Lipinski definition) is 0. The Morgan fingerprint density at radius 1 is 0.340 bits per heavy atom. The zero-order valence-electron chi connectivity index (χ0n) is 26.8. The van der Waals surface area contributed by atoms with Crippen LogP contribution >= 0.6 is 0 Å². The monoisotopic (exact) mass is 641 g/mol. The molecule has 0 N–H and O–H groups in total. The van der Waals surface area contributed by atoms with Gasteiger partial charge in [-0.3, -0.25) is 0 Å². The molecule has 0 aliphatic rings. The SMILES string of the molecule is c1ccc2c(c1)ccc1oc3c(-c4ccc(N(c5ccc6c(c5)oc5ccccc56)c5ccc6c(c5)oc5ccccc56)cc4)cccc3c12. The average molecular weight is 642 g/mol. The van der Waals surface area contributed by atoms with Crippen LogP contribution in [0.5, 0.6) is 0 Å². The summed E-state index contributed by atoms with van der Waals surface area (Å²) in [5.74, 6) is 0. The van der Waals surface area contributed by atoms with Gasteiger partial charge in [-0.2, -0.15) is 0 Å². The highest BCUT2D eigenvalue weighted by molar-refractivity contribution is 6.20. The second-order valence-corrected chi connectivity index (χ2v) is 12.9. The molecule has 8 aromatic carbocycles. The number of anilines is 3. The van der Waals surface area contributed by atoms with E-state index < -0.39 is 0 Å². The molecule has 0 aliphatic heterocycles. The minimum absolute atomic E-state index is 0.847. The molecular weight excluding hydrogens is 615 g/mol. The number of para-hydroxylation sites is 3. The first-order valence-electron chi connectivity index (χ1n) is 16.8. The Labute approximate surface area is 286 Å². The van der Waals surface area contributed by atoms with E-state index in [0.717, 1.165) is 94.0 Å². The average Bonchev–Trinajstić information content (AvgIpc) is 3.86. The standard InChI is InChI=1S/C46H27NO3/c1-2-9-33-28(8-1)18-25-42-45(33)39-13-7-12-34(46(39)50-42)29-16-19-30(20-17-29)47(31-21-23-37-35-10-3-5-14-40(35)48-43(37)26-31)32-22-24-38-36-11-4-6-15-41(36)49-44(38)27-32/h1-27H. The van der Waals surface area contributed by atoms with Crippen LogP contribution in [0.15, 0.2) is 177 Å². The third-order valence-electron chi connectivity index (χ3n) is 10.1. The number of benzene rings is 8. The molecule has 0 bridgehead atoms. The smallest absolute Gasteiger partial charge is 0.143 e. The molecule has 0 spiro atoms. The summed E-state index contributed by atoms with van der Waals surface area (Å²) in [4.78, 5) is 2.26. The predicted molar refractivity (Wildman–Crippen MR) is 206 cm³/mol. The summed E-state index contributed by atoms with van der Waals surface area (Å²) in [6, 6.07) is 57.2. The van der Waals surface area contributed by atoms with Crippen LogP contribution in [0.1, 0.15) is 0 Å². The quantitative estimate of drug-likeness (QED) is 0.192. The first-order chi connectivity index (χ1) is 24.8. The normalized spacial score (nSPS) is 12.0. The lowest BCUT2D eigenvalue weighted by Gasteiger charge is -2.25. The van der Waals surface area contributed by atoms with Crippen molar-refractivity contribution in [3.05, 3.63) is 164 Å². The van der Waals surface area contributed by atoms with Crippen molar-refractivity contribution in [1.82, 2.24) is 0 Å². The van der Waals surface area contributed by atoms with E-state index in [1.165, 1.54) is 10.8 Å². The third kappa shape index (κ3) is 3.99. The lowest BCUT2D eigenvalue weighted by molar-refractivity contribution is 0.669. The number of hydrogen-bond acceptors (Lipinski definition) is 4. The van der Waals surface area contributed by atoms with Crippen molar-refractivity contribution >= 4 is 93.7 Å². The summed E-state index contributed by atoms with van der Waals surface area (Å²) in [6.45, 7) is 0. The fourth-order valence-corrected chi connectivity index (χ4v) is 7.74. The van der Waals surface area contributed by atoms with Gasteiger partial charge in [-0.25, -0.2) is 0 Å². The van der Waals surface area contributed by atoms with E-state index in [9.17, 15) is 0 Å². The van der Waals surface area contributed by atoms with Crippen LogP contribution in [-0.4, -0.2) is 0 Å². The predicted octanol–water partition coefficient (Wildman–Crippen LogP) is 13.7. The van der Waals surface area contributed by atoms with Crippen molar-refractivity contribution < 1.29 is 13.3 Å². The summed E-state index contributed by atoms with van der Waals surface area (Å²) >= 11 is 0. The minimum Gasteiger partial charge on any atom is -0.456 e. The van der Waals surface area contributed by atoms with Crippen molar-refractivity contribution in [2.24, 2.45) is 0 Å². The van der Waals surface area contributed by atoms with Gasteiger partial charge in [0.05, 0.1) is 0 Å². The van der Waals surface area contributed by atoms with Gasteiger partial charge in [-0.1, -0.05) is 97.1 Å². The van der Waals surface area contributed by atoms with E-state index in [4.69, 9.17) is 13.3 Å². The zero-order chi connectivity index (χ0) is 32.8. The van der Waals surface area contributed by atoms with Gasteiger partial charge in [-0.15, -0.1) is 0 Å². The molecule has 0 amide bonds. The highest BCUT2D eigenvalue weighted by atomic mass is 16.3.